The van der Waals surface area contributed by atoms with E-state index >= 15 is 0 Å². The summed E-state index contributed by atoms with van der Waals surface area (Å²) < 4.78 is 5.69. The molecule has 1 heterocycles. The highest BCUT2D eigenvalue weighted by Gasteiger charge is 2.49. The van der Waals surface area contributed by atoms with Gasteiger partial charge in [0.1, 0.15) is 17.2 Å². The Hall–Kier alpha value is -0.870. The summed E-state index contributed by atoms with van der Waals surface area (Å²) in [6, 6.07) is 0.339. The van der Waals surface area contributed by atoms with Gasteiger partial charge in [0.05, 0.1) is 12.3 Å². The zero-order valence-corrected chi connectivity index (χ0v) is 11.2. The second-order valence-electron chi connectivity index (χ2n) is 4.92. The van der Waals surface area contributed by atoms with E-state index in [1.165, 1.54) is 6.33 Å². The van der Waals surface area contributed by atoms with Gasteiger partial charge in [-0.1, -0.05) is 25.4 Å². The second-order valence-corrected chi connectivity index (χ2v) is 5.32. The maximum absolute atomic E-state index is 6.02. The SMILES string of the molecule is CCOC1CC(Nc2ncncc2Cl)C1(C)C. The summed E-state index contributed by atoms with van der Waals surface area (Å²) in [7, 11) is 0. The molecule has 5 heteroatoms. The number of nitrogens with one attached hydrogen (secondary N) is 1. The molecule has 0 saturated heterocycles. The molecule has 0 aromatic carbocycles. The molecular formula is C12H18ClN3O. The molecule has 17 heavy (non-hydrogen) atoms. The Bertz CT molecular complexity index is 397. The van der Waals surface area contributed by atoms with Gasteiger partial charge in [0.2, 0.25) is 0 Å². The topological polar surface area (TPSA) is 47.0 Å². The average molecular weight is 256 g/mol. The normalized spacial score (nSPS) is 26.4. The van der Waals surface area contributed by atoms with Gasteiger partial charge >= 0.3 is 0 Å². The van der Waals surface area contributed by atoms with Crippen LogP contribution in [0.4, 0.5) is 5.82 Å². The number of hydrogen-bond acceptors (Lipinski definition) is 4. The van der Waals surface area contributed by atoms with Gasteiger partial charge in [0.15, 0.2) is 0 Å². The predicted molar refractivity (Wildman–Crippen MR) is 68.3 cm³/mol. The Morgan fingerprint density at radius 3 is 2.94 bits per heavy atom. The van der Waals surface area contributed by atoms with Gasteiger partial charge in [0.25, 0.3) is 0 Å². The van der Waals surface area contributed by atoms with Crippen molar-refractivity contribution < 1.29 is 4.74 Å². The first kappa shape index (κ1) is 12.6. The molecule has 0 amide bonds. The lowest BCUT2D eigenvalue weighted by Gasteiger charge is -2.51. The fourth-order valence-corrected chi connectivity index (χ4v) is 2.36. The van der Waals surface area contributed by atoms with Gasteiger partial charge in [-0.3, -0.25) is 0 Å². The number of aromatic nitrogens is 2. The molecule has 2 unspecified atom stereocenters. The summed E-state index contributed by atoms with van der Waals surface area (Å²) in [6.07, 6.45) is 4.40. The van der Waals surface area contributed by atoms with Gasteiger partial charge in [0, 0.05) is 18.1 Å². The van der Waals surface area contributed by atoms with Crippen molar-refractivity contribution in [1.82, 2.24) is 9.97 Å². The number of halogens is 1. The van der Waals surface area contributed by atoms with Gasteiger partial charge < -0.3 is 10.1 Å². The largest absolute Gasteiger partial charge is 0.378 e. The molecule has 0 aliphatic heterocycles. The summed E-state index contributed by atoms with van der Waals surface area (Å²) in [5.41, 5.74) is 0.101. The van der Waals surface area contributed by atoms with Crippen molar-refractivity contribution in [3.8, 4) is 0 Å². The fourth-order valence-electron chi connectivity index (χ4n) is 2.20. The summed E-state index contributed by atoms with van der Waals surface area (Å²) in [5.74, 6) is 0.703. The molecule has 0 spiro atoms. The van der Waals surface area contributed by atoms with Gasteiger partial charge in [-0.25, -0.2) is 9.97 Å². The first-order chi connectivity index (χ1) is 8.05. The van der Waals surface area contributed by atoms with Crippen LogP contribution in [0.5, 0.6) is 0 Å². The molecule has 0 bridgehead atoms. The van der Waals surface area contributed by atoms with Crippen molar-refractivity contribution in [3.63, 3.8) is 0 Å². The zero-order valence-electron chi connectivity index (χ0n) is 10.4. The van der Waals surface area contributed by atoms with Crippen molar-refractivity contribution in [2.45, 2.75) is 39.3 Å². The number of ether oxygens (including phenoxy) is 1. The fraction of sp³-hybridized carbons (Fsp3) is 0.667. The van der Waals surface area contributed by atoms with Gasteiger partial charge in [-0.15, -0.1) is 0 Å². The Balaban J connectivity index is 2.01. The highest BCUT2D eigenvalue weighted by Crippen LogP contribution is 2.44. The molecule has 0 radical (unpaired) electrons. The predicted octanol–water partition coefficient (Wildman–Crippen LogP) is 2.75. The summed E-state index contributed by atoms with van der Waals surface area (Å²) in [4.78, 5) is 8.01. The lowest BCUT2D eigenvalue weighted by atomic mass is 9.64. The maximum Gasteiger partial charge on any atom is 0.148 e. The third-order valence-electron chi connectivity index (χ3n) is 3.52. The highest BCUT2D eigenvalue weighted by atomic mass is 35.5. The van der Waals surface area contributed by atoms with Crippen molar-refractivity contribution >= 4 is 17.4 Å². The minimum atomic E-state index is 0.101. The molecule has 1 aromatic rings. The molecule has 1 fully saturated rings. The molecule has 1 N–H and O–H groups in total. The molecule has 4 nitrogen and oxygen atoms in total. The molecule has 2 atom stereocenters. The maximum atomic E-state index is 6.02. The zero-order chi connectivity index (χ0) is 12.5. The van der Waals surface area contributed by atoms with Crippen LogP contribution in [-0.4, -0.2) is 28.7 Å². The standard InChI is InChI=1S/C12H18ClN3O/c1-4-17-10-5-9(12(10,2)3)16-11-8(13)6-14-7-15-11/h6-7,9-10H,4-5H2,1-3H3,(H,14,15,16). The second kappa shape index (κ2) is 4.78. The summed E-state index contributed by atoms with van der Waals surface area (Å²) in [6.45, 7) is 7.18. The van der Waals surface area contributed by atoms with Crippen molar-refractivity contribution in [1.29, 1.82) is 0 Å². The van der Waals surface area contributed by atoms with Crippen LogP contribution in [0.25, 0.3) is 0 Å². The Morgan fingerprint density at radius 2 is 2.35 bits per heavy atom. The van der Waals surface area contributed by atoms with E-state index < -0.39 is 0 Å². The van der Waals surface area contributed by atoms with E-state index in [-0.39, 0.29) is 5.41 Å². The van der Waals surface area contributed by atoms with Crippen molar-refractivity contribution in [3.05, 3.63) is 17.5 Å². The molecule has 1 aliphatic carbocycles. The summed E-state index contributed by atoms with van der Waals surface area (Å²) >= 11 is 6.02. The van der Waals surface area contributed by atoms with E-state index in [4.69, 9.17) is 16.3 Å². The lowest BCUT2D eigenvalue weighted by Crippen LogP contribution is -2.58. The minimum absolute atomic E-state index is 0.101. The van der Waals surface area contributed by atoms with Crippen LogP contribution in [0.1, 0.15) is 27.2 Å². The number of hydrogen-bond donors (Lipinski definition) is 1. The Morgan fingerprint density at radius 1 is 1.59 bits per heavy atom. The van der Waals surface area contributed by atoms with Crippen LogP contribution in [0.3, 0.4) is 0 Å². The van der Waals surface area contributed by atoms with Crippen LogP contribution in [-0.2, 0) is 4.74 Å². The van der Waals surface area contributed by atoms with Crippen LogP contribution in [0, 0.1) is 5.41 Å². The average Bonchev–Trinajstić information content (AvgIpc) is 2.30. The van der Waals surface area contributed by atoms with Gasteiger partial charge in [-0.05, 0) is 13.3 Å². The number of nitrogens with zero attached hydrogens (tertiary/aromatic N) is 2. The number of anilines is 1. The van der Waals surface area contributed by atoms with Crippen LogP contribution in [0.2, 0.25) is 5.02 Å². The monoisotopic (exact) mass is 255 g/mol. The van der Waals surface area contributed by atoms with Crippen molar-refractivity contribution in [2.24, 2.45) is 5.41 Å². The smallest absolute Gasteiger partial charge is 0.148 e. The Labute approximate surface area is 107 Å². The van der Waals surface area contributed by atoms with E-state index in [0.717, 1.165) is 13.0 Å². The molecule has 1 aliphatic rings. The lowest BCUT2D eigenvalue weighted by molar-refractivity contribution is -0.0976. The van der Waals surface area contributed by atoms with E-state index in [9.17, 15) is 0 Å². The van der Waals surface area contributed by atoms with Crippen LogP contribution in [0.15, 0.2) is 12.5 Å². The first-order valence-corrected chi connectivity index (χ1v) is 6.27. The van der Waals surface area contributed by atoms with Crippen molar-refractivity contribution in [2.75, 3.05) is 11.9 Å². The molecule has 1 saturated carbocycles. The third-order valence-corrected chi connectivity index (χ3v) is 3.80. The molecule has 2 rings (SSSR count). The van der Waals surface area contributed by atoms with E-state index in [0.29, 0.717) is 23.0 Å². The highest BCUT2D eigenvalue weighted by molar-refractivity contribution is 6.32. The molecule has 94 valence electrons. The number of rotatable bonds is 4. The Kier molecular flexibility index (Phi) is 3.54. The third kappa shape index (κ3) is 2.38. The molecular weight excluding hydrogens is 238 g/mol. The van der Waals surface area contributed by atoms with E-state index in [1.54, 1.807) is 6.20 Å². The quantitative estimate of drug-likeness (QED) is 0.899. The molecule has 1 aromatic heterocycles. The minimum Gasteiger partial charge on any atom is -0.378 e. The van der Waals surface area contributed by atoms with Crippen LogP contribution >= 0.6 is 11.6 Å². The summed E-state index contributed by atoms with van der Waals surface area (Å²) in [5, 5.41) is 3.92. The van der Waals surface area contributed by atoms with Crippen LogP contribution < -0.4 is 5.32 Å². The first-order valence-electron chi connectivity index (χ1n) is 5.89. The van der Waals surface area contributed by atoms with E-state index in [2.05, 4.69) is 29.1 Å². The van der Waals surface area contributed by atoms with E-state index in [1.807, 2.05) is 6.92 Å². The van der Waals surface area contributed by atoms with Gasteiger partial charge in [-0.2, -0.15) is 0 Å².